The van der Waals surface area contributed by atoms with Crippen LogP contribution in [0.1, 0.15) is 103 Å². The van der Waals surface area contributed by atoms with E-state index in [1.165, 1.54) is 33.4 Å². The second-order valence-electron chi connectivity index (χ2n) is 24.6. The Hall–Kier alpha value is -8.86. The Kier molecular flexibility index (Phi) is 12.3. The van der Waals surface area contributed by atoms with Crippen molar-refractivity contribution in [2.75, 3.05) is 9.80 Å². The molecule has 0 amide bonds. The van der Waals surface area contributed by atoms with Crippen molar-refractivity contribution in [3.63, 3.8) is 0 Å². The van der Waals surface area contributed by atoms with Crippen molar-refractivity contribution in [2.45, 2.75) is 91.9 Å². The molecule has 0 aliphatic rings. The first-order valence-corrected chi connectivity index (χ1v) is 28.4. The molecule has 0 N–H and O–H groups in total. The second kappa shape index (κ2) is 19.5. The van der Waals surface area contributed by atoms with Gasteiger partial charge in [0.05, 0.1) is 11.4 Å². The third kappa shape index (κ3) is 8.79. The fourth-order valence-corrected chi connectivity index (χ4v) is 12.4. The fraction of sp³-hybridized carbons (Fsp3) is 0.184. The van der Waals surface area contributed by atoms with Crippen molar-refractivity contribution >= 4 is 99.5 Å². The van der Waals surface area contributed by atoms with Gasteiger partial charge in [-0.3, -0.25) is 0 Å². The zero-order valence-corrected chi connectivity index (χ0v) is 47.7. The SMILES string of the molecule is CC(C)c1ccc(-c2ccccc2)c(N(c2ccccc2)c2ccc3cc4c(cc3c2)oc2c(C(C)(C)C)c3c(oc5cc6cc(N(c7ccccc7)c7cc(C(C)C)ccc7-c7ccccc7)ccc6cc53)c(C(C)(C)C)c24)c1. The monoisotopic (exact) mass is 1040 g/mol. The minimum Gasteiger partial charge on any atom is -0.456 e. The van der Waals surface area contributed by atoms with Gasteiger partial charge in [0.1, 0.15) is 22.3 Å². The standard InChI is InChI=1S/C76H68N2O2/c1-47(2)51-33-37-61(49-23-15-11-16-24-49)65(43-51)77(57-27-19-13-20-28-57)59-35-31-53-41-63-67(45-55(53)39-59)79-73-69(63)71(75(5,6)7)74-70(72(73)76(8,9)10)64-42-54-32-36-60(40-56(54)46-68(64)80-74)78(58-29-21-14-22-30-58)66-44-52(48(3)4)34-38-62(66)50-25-17-12-18-26-50/h11-48H,1-10H3. The zero-order valence-electron chi connectivity index (χ0n) is 47.7. The second-order valence-corrected chi connectivity index (χ2v) is 24.6. The summed E-state index contributed by atoms with van der Waals surface area (Å²) < 4.78 is 14.8. The number of nitrogens with zero attached hydrogens (tertiary/aromatic N) is 2. The highest BCUT2D eigenvalue weighted by molar-refractivity contribution is 6.23. The van der Waals surface area contributed by atoms with Crippen LogP contribution in [0.5, 0.6) is 0 Å². The smallest absolute Gasteiger partial charge is 0.140 e. The van der Waals surface area contributed by atoms with Gasteiger partial charge in [-0.15, -0.1) is 0 Å². The predicted molar refractivity (Wildman–Crippen MR) is 342 cm³/mol. The fourth-order valence-electron chi connectivity index (χ4n) is 12.4. The number of anilines is 6. The molecule has 13 rings (SSSR count). The molecule has 0 saturated carbocycles. The number of fused-ring (bicyclic) bond motifs is 8. The van der Waals surface area contributed by atoms with E-state index in [-0.39, 0.29) is 10.8 Å². The van der Waals surface area contributed by atoms with Crippen molar-refractivity contribution in [1.29, 1.82) is 0 Å². The highest BCUT2D eigenvalue weighted by Crippen LogP contribution is 2.52. The van der Waals surface area contributed by atoms with E-state index in [0.29, 0.717) is 11.8 Å². The topological polar surface area (TPSA) is 32.8 Å². The van der Waals surface area contributed by atoms with Crippen LogP contribution in [0.2, 0.25) is 0 Å². The molecule has 0 spiro atoms. The van der Waals surface area contributed by atoms with Gasteiger partial charge in [0.25, 0.3) is 0 Å². The van der Waals surface area contributed by atoms with E-state index < -0.39 is 0 Å². The molecule has 0 fully saturated rings. The first-order chi connectivity index (χ1) is 38.6. The Morgan fingerprint density at radius 3 is 1.05 bits per heavy atom. The molecule has 80 heavy (non-hydrogen) atoms. The summed E-state index contributed by atoms with van der Waals surface area (Å²) in [6, 6.07) is 80.0. The van der Waals surface area contributed by atoms with Gasteiger partial charge in [0.15, 0.2) is 0 Å². The predicted octanol–water partition coefficient (Wildman–Crippen LogP) is 22.9. The van der Waals surface area contributed by atoms with E-state index in [1.807, 2.05) is 0 Å². The summed E-state index contributed by atoms with van der Waals surface area (Å²) >= 11 is 0. The molecule has 0 aliphatic carbocycles. The first kappa shape index (κ1) is 50.6. The van der Waals surface area contributed by atoms with Crippen molar-refractivity contribution in [2.24, 2.45) is 0 Å². The normalized spacial score (nSPS) is 12.3. The third-order valence-corrected chi connectivity index (χ3v) is 16.3. The molecule has 0 radical (unpaired) electrons. The van der Waals surface area contributed by atoms with Crippen molar-refractivity contribution in [3.05, 3.63) is 241 Å². The summed E-state index contributed by atoms with van der Waals surface area (Å²) in [5.41, 5.74) is 19.3. The maximum atomic E-state index is 7.39. The van der Waals surface area contributed by atoms with E-state index in [2.05, 4.69) is 297 Å². The van der Waals surface area contributed by atoms with Crippen LogP contribution in [0.4, 0.5) is 34.1 Å². The molecule has 0 saturated heterocycles. The maximum absolute atomic E-state index is 7.39. The minimum absolute atomic E-state index is 0.308. The number of benzene rings is 11. The summed E-state index contributed by atoms with van der Waals surface area (Å²) in [6.07, 6.45) is 0. The summed E-state index contributed by atoms with van der Waals surface area (Å²) in [5.74, 6) is 0.728. The van der Waals surface area contributed by atoms with E-state index in [0.717, 1.165) is 111 Å². The zero-order chi connectivity index (χ0) is 55.2. The lowest BCUT2D eigenvalue weighted by molar-refractivity contribution is 0.564. The molecule has 2 aromatic heterocycles. The average molecular weight is 1040 g/mol. The summed E-state index contributed by atoms with van der Waals surface area (Å²) in [5, 5.41) is 8.97. The molecule has 394 valence electrons. The Morgan fingerprint density at radius 2 is 0.700 bits per heavy atom. The molecule has 0 aliphatic heterocycles. The van der Waals surface area contributed by atoms with Crippen molar-refractivity contribution in [3.8, 4) is 22.3 Å². The van der Waals surface area contributed by atoms with Crippen LogP contribution in [0.15, 0.2) is 227 Å². The summed E-state index contributed by atoms with van der Waals surface area (Å²) in [6.45, 7) is 22.9. The maximum Gasteiger partial charge on any atom is 0.140 e. The number of furan rings is 2. The van der Waals surface area contributed by atoms with Crippen LogP contribution in [-0.4, -0.2) is 0 Å². The van der Waals surface area contributed by atoms with E-state index >= 15 is 0 Å². The number of para-hydroxylation sites is 2. The Bertz CT molecular complexity index is 4190. The molecule has 13 aromatic rings. The highest BCUT2D eigenvalue weighted by Gasteiger charge is 2.35. The van der Waals surface area contributed by atoms with Gasteiger partial charge < -0.3 is 18.6 Å². The highest BCUT2D eigenvalue weighted by atomic mass is 16.3. The minimum atomic E-state index is -0.308. The molecule has 4 nitrogen and oxygen atoms in total. The number of rotatable bonds is 10. The molecule has 0 bridgehead atoms. The molecular weight excluding hydrogens is 973 g/mol. The lowest BCUT2D eigenvalue weighted by Crippen LogP contribution is -2.16. The lowest BCUT2D eigenvalue weighted by Gasteiger charge is -2.29. The molecule has 11 aromatic carbocycles. The van der Waals surface area contributed by atoms with Crippen LogP contribution >= 0.6 is 0 Å². The van der Waals surface area contributed by atoms with Gasteiger partial charge in [-0.25, -0.2) is 0 Å². The molecule has 2 heterocycles. The van der Waals surface area contributed by atoms with Crippen LogP contribution in [0, 0.1) is 0 Å². The van der Waals surface area contributed by atoms with Gasteiger partial charge in [0, 0.05) is 66.5 Å². The molecule has 4 heteroatoms. The largest absolute Gasteiger partial charge is 0.456 e. The number of hydrogen-bond acceptors (Lipinski definition) is 4. The Balaban J connectivity index is 1.00. The Labute approximate surface area is 470 Å². The van der Waals surface area contributed by atoms with Crippen LogP contribution in [0.25, 0.3) is 87.7 Å². The molecule has 0 atom stereocenters. The number of hydrogen-bond donors (Lipinski definition) is 0. The average Bonchev–Trinajstić information content (AvgIpc) is 4.14. The van der Waals surface area contributed by atoms with Gasteiger partial charge in [0.2, 0.25) is 0 Å². The third-order valence-electron chi connectivity index (χ3n) is 16.3. The van der Waals surface area contributed by atoms with Crippen LogP contribution in [-0.2, 0) is 10.8 Å². The quantitative estimate of drug-likeness (QED) is 0.137. The van der Waals surface area contributed by atoms with Crippen LogP contribution in [0.3, 0.4) is 0 Å². The Morgan fingerprint density at radius 1 is 0.338 bits per heavy atom. The summed E-state index contributed by atoms with van der Waals surface area (Å²) in [7, 11) is 0. The van der Waals surface area contributed by atoms with E-state index in [9.17, 15) is 0 Å². The summed E-state index contributed by atoms with van der Waals surface area (Å²) in [4.78, 5) is 4.84. The lowest BCUT2D eigenvalue weighted by atomic mass is 9.77. The molecule has 0 unspecified atom stereocenters. The van der Waals surface area contributed by atoms with Gasteiger partial charge in [-0.2, -0.15) is 0 Å². The van der Waals surface area contributed by atoms with E-state index in [1.54, 1.807) is 0 Å². The van der Waals surface area contributed by atoms with Crippen molar-refractivity contribution in [1.82, 2.24) is 0 Å². The van der Waals surface area contributed by atoms with Gasteiger partial charge in [-0.05, 0) is 151 Å². The van der Waals surface area contributed by atoms with Gasteiger partial charge >= 0.3 is 0 Å². The van der Waals surface area contributed by atoms with Crippen LogP contribution < -0.4 is 9.80 Å². The van der Waals surface area contributed by atoms with E-state index in [4.69, 9.17) is 8.83 Å². The first-order valence-electron chi connectivity index (χ1n) is 28.4. The van der Waals surface area contributed by atoms with Crippen molar-refractivity contribution < 1.29 is 8.83 Å². The molecular formula is C76H68N2O2. The van der Waals surface area contributed by atoms with Gasteiger partial charge in [-0.1, -0.05) is 203 Å².